The van der Waals surface area contributed by atoms with Gasteiger partial charge in [0.25, 0.3) is 0 Å². The topological polar surface area (TPSA) is 18.5 Å². The van der Waals surface area contributed by atoms with Crippen molar-refractivity contribution in [3.63, 3.8) is 0 Å². The number of hydrogen-bond acceptors (Lipinski definition) is 3. The predicted molar refractivity (Wildman–Crippen MR) is 80.8 cm³/mol. The zero-order chi connectivity index (χ0) is 13.9. The van der Waals surface area contributed by atoms with Crippen molar-refractivity contribution < 1.29 is 4.39 Å². The number of likely N-dealkylation sites (N-methyl/N-ethyl adjacent to an activating group) is 1. The number of nitrogens with one attached hydrogen (secondary N) is 1. The normalized spacial score (nSPS) is 24.3. The van der Waals surface area contributed by atoms with Crippen LogP contribution in [0.3, 0.4) is 0 Å². The molecule has 0 aromatic heterocycles. The lowest BCUT2D eigenvalue weighted by molar-refractivity contribution is 0.311. The summed E-state index contributed by atoms with van der Waals surface area (Å²) >= 11 is 0. The Morgan fingerprint density at radius 3 is 2.70 bits per heavy atom. The van der Waals surface area contributed by atoms with Gasteiger partial charge in [0.15, 0.2) is 0 Å². The summed E-state index contributed by atoms with van der Waals surface area (Å²) in [5.74, 6) is -0.0648. The van der Waals surface area contributed by atoms with E-state index in [0.29, 0.717) is 6.04 Å². The number of nitrogens with zero attached hydrogens (tertiary/aromatic N) is 2. The predicted octanol–water partition coefficient (Wildman–Crippen LogP) is 1.87. The lowest BCUT2D eigenvalue weighted by atomic mass is 10.0. The smallest absolute Gasteiger partial charge is 0.146 e. The molecule has 0 aliphatic carbocycles. The molecule has 0 amide bonds. The SMILES string of the molecule is CN1CCN(c2ccc(CC3CCCN3)cc2F)CC1. The molecular formula is C16H24FN3. The third-order valence-corrected chi connectivity index (χ3v) is 4.50. The molecule has 2 heterocycles. The lowest BCUT2D eigenvalue weighted by Gasteiger charge is -2.34. The van der Waals surface area contributed by atoms with E-state index in [1.54, 1.807) is 6.07 Å². The van der Waals surface area contributed by atoms with Gasteiger partial charge < -0.3 is 15.1 Å². The Morgan fingerprint density at radius 2 is 2.05 bits per heavy atom. The van der Waals surface area contributed by atoms with Crippen LogP contribution in [0, 0.1) is 5.82 Å². The fraction of sp³-hybridized carbons (Fsp3) is 0.625. The maximum absolute atomic E-state index is 14.3. The molecule has 0 saturated carbocycles. The van der Waals surface area contributed by atoms with Crippen molar-refractivity contribution in [2.24, 2.45) is 0 Å². The van der Waals surface area contributed by atoms with Crippen LogP contribution in [-0.2, 0) is 6.42 Å². The van der Waals surface area contributed by atoms with Crippen molar-refractivity contribution >= 4 is 5.69 Å². The Labute approximate surface area is 120 Å². The van der Waals surface area contributed by atoms with E-state index in [9.17, 15) is 4.39 Å². The van der Waals surface area contributed by atoms with Crippen molar-refractivity contribution in [3.8, 4) is 0 Å². The Balaban J connectivity index is 1.67. The Bertz CT molecular complexity index is 449. The maximum Gasteiger partial charge on any atom is 0.146 e. The summed E-state index contributed by atoms with van der Waals surface area (Å²) in [6, 6.07) is 6.32. The molecule has 1 aromatic rings. The van der Waals surface area contributed by atoms with Gasteiger partial charge in [0.05, 0.1) is 5.69 Å². The largest absolute Gasteiger partial charge is 0.367 e. The lowest BCUT2D eigenvalue weighted by Crippen LogP contribution is -2.44. The number of piperazine rings is 1. The van der Waals surface area contributed by atoms with Gasteiger partial charge in [-0.3, -0.25) is 0 Å². The van der Waals surface area contributed by atoms with Gasteiger partial charge in [0, 0.05) is 32.2 Å². The monoisotopic (exact) mass is 277 g/mol. The fourth-order valence-electron chi connectivity index (χ4n) is 3.20. The van der Waals surface area contributed by atoms with Gasteiger partial charge in [-0.05, 0) is 50.6 Å². The molecule has 20 heavy (non-hydrogen) atoms. The van der Waals surface area contributed by atoms with E-state index in [-0.39, 0.29) is 5.82 Å². The highest BCUT2D eigenvalue weighted by Gasteiger charge is 2.19. The highest BCUT2D eigenvalue weighted by molar-refractivity contribution is 5.49. The third-order valence-electron chi connectivity index (χ3n) is 4.50. The minimum absolute atomic E-state index is 0.0648. The second-order valence-corrected chi connectivity index (χ2v) is 6.07. The molecule has 1 aromatic carbocycles. The first-order valence-electron chi connectivity index (χ1n) is 7.68. The van der Waals surface area contributed by atoms with Gasteiger partial charge in [-0.15, -0.1) is 0 Å². The molecule has 2 aliphatic rings. The van der Waals surface area contributed by atoms with Crippen LogP contribution in [0.1, 0.15) is 18.4 Å². The number of halogens is 1. The van der Waals surface area contributed by atoms with Crippen molar-refractivity contribution in [3.05, 3.63) is 29.6 Å². The summed E-state index contributed by atoms with van der Waals surface area (Å²) in [6.07, 6.45) is 3.40. The zero-order valence-electron chi connectivity index (χ0n) is 12.2. The van der Waals surface area contributed by atoms with Gasteiger partial charge in [-0.2, -0.15) is 0 Å². The van der Waals surface area contributed by atoms with Gasteiger partial charge >= 0.3 is 0 Å². The van der Waals surface area contributed by atoms with Gasteiger partial charge in [-0.1, -0.05) is 6.07 Å². The summed E-state index contributed by atoms with van der Waals surface area (Å²) in [5.41, 5.74) is 1.88. The number of rotatable bonds is 3. The summed E-state index contributed by atoms with van der Waals surface area (Å²) in [4.78, 5) is 4.45. The standard InChI is InChI=1S/C16H24FN3/c1-19-7-9-20(10-8-19)16-5-4-13(12-15(16)17)11-14-3-2-6-18-14/h4-5,12,14,18H,2-3,6-11H2,1H3. The zero-order valence-corrected chi connectivity index (χ0v) is 12.2. The molecule has 3 rings (SSSR count). The first-order valence-corrected chi connectivity index (χ1v) is 7.68. The van der Waals surface area contributed by atoms with E-state index in [1.165, 1.54) is 12.8 Å². The molecular weight excluding hydrogens is 253 g/mol. The molecule has 2 aliphatic heterocycles. The highest BCUT2D eigenvalue weighted by Crippen LogP contribution is 2.23. The third kappa shape index (κ3) is 3.13. The summed E-state index contributed by atoms with van der Waals surface area (Å²) in [6.45, 7) is 4.95. The molecule has 1 N–H and O–H groups in total. The first-order chi connectivity index (χ1) is 9.72. The Morgan fingerprint density at radius 1 is 1.25 bits per heavy atom. The van der Waals surface area contributed by atoms with E-state index in [4.69, 9.17) is 0 Å². The van der Waals surface area contributed by atoms with Crippen molar-refractivity contribution in [1.82, 2.24) is 10.2 Å². The van der Waals surface area contributed by atoms with Crippen LogP contribution < -0.4 is 10.2 Å². The quantitative estimate of drug-likeness (QED) is 0.910. The molecule has 110 valence electrons. The number of hydrogen-bond donors (Lipinski definition) is 1. The average Bonchev–Trinajstić information content (AvgIpc) is 2.93. The molecule has 0 radical (unpaired) electrons. The van der Waals surface area contributed by atoms with Crippen LogP contribution in [-0.4, -0.2) is 50.7 Å². The van der Waals surface area contributed by atoms with Crippen LogP contribution in [0.5, 0.6) is 0 Å². The van der Waals surface area contributed by atoms with Crippen molar-refractivity contribution in [2.75, 3.05) is 44.7 Å². The average molecular weight is 277 g/mol. The van der Waals surface area contributed by atoms with Gasteiger partial charge in [-0.25, -0.2) is 4.39 Å². The van der Waals surface area contributed by atoms with Crippen LogP contribution in [0.4, 0.5) is 10.1 Å². The van der Waals surface area contributed by atoms with Crippen LogP contribution in [0.15, 0.2) is 18.2 Å². The van der Waals surface area contributed by atoms with Crippen LogP contribution in [0.2, 0.25) is 0 Å². The Hall–Kier alpha value is -1.13. The molecule has 2 fully saturated rings. The van der Waals surface area contributed by atoms with E-state index < -0.39 is 0 Å². The van der Waals surface area contributed by atoms with E-state index >= 15 is 0 Å². The maximum atomic E-state index is 14.3. The fourth-order valence-corrected chi connectivity index (χ4v) is 3.20. The van der Waals surface area contributed by atoms with Crippen LogP contribution in [0.25, 0.3) is 0 Å². The van der Waals surface area contributed by atoms with Crippen LogP contribution >= 0.6 is 0 Å². The second-order valence-electron chi connectivity index (χ2n) is 6.07. The minimum Gasteiger partial charge on any atom is -0.367 e. The molecule has 1 unspecified atom stereocenters. The van der Waals surface area contributed by atoms with E-state index in [2.05, 4.69) is 28.2 Å². The molecule has 2 saturated heterocycles. The van der Waals surface area contributed by atoms with Gasteiger partial charge in [0.2, 0.25) is 0 Å². The highest BCUT2D eigenvalue weighted by atomic mass is 19.1. The van der Waals surface area contributed by atoms with E-state index in [0.717, 1.165) is 50.4 Å². The molecule has 0 bridgehead atoms. The molecule has 4 heteroatoms. The summed E-state index contributed by atoms with van der Waals surface area (Å²) < 4.78 is 14.3. The first kappa shape index (κ1) is 13.8. The van der Waals surface area contributed by atoms with Crippen molar-refractivity contribution in [1.29, 1.82) is 0 Å². The summed E-state index contributed by atoms with van der Waals surface area (Å²) in [7, 11) is 2.12. The molecule has 0 spiro atoms. The minimum atomic E-state index is -0.0648. The second kappa shape index (κ2) is 6.10. The summed E-state index contributed by atoms with van der Waals surface area (Å²) in [5, 5.41) is 3.47. The molecule has 3 nitrogen and oxygen atoms in total. The van der Waals surface area contributed by atoms with E-state index in [1.807, 2.05) is 6.07 Å². The van der Waals surface area contributed by atoms with Crippen molar-refractivity contribution in [2.45, 2.75) is 25.3 Å². The number of benzene rings is 1. The molecule has 1 atom stereocenters. The Kier molecular flexibility index (Phi) is 4.22. The van der Waals surface area contributed by atoms with Gasteiger partial charge in [0.1, 0.15) is 5.82 Å². The number of anilines is 1.